The summed E-state index contributed by atoms with van der Waals surface area (Å²) in [4.78, 5) is 29.1. The van der Waals surface area contributed by atoms with Crippen LogP contribution in [0.1, 0.15) is 9.67 Å². The predicted octanol–water partition coefficient (Wildman–Crippen LogP) is 1.65. The van der Waals surface area contributed by atoms with Crippen molar-refractivity contribution >= 4 is 28.0 Å². The molecular weight excluding hydrogens is 272 g/mol. The number of nitrogens with zero attached hydrogens (tertiary/aromatic N) is 2. The summed E-state index contributed by atoms with van der Waals surface area (Å²) in [6.07, 6.45) is 0. The normalized spacial score (nSPS) is 16.6. The van der Waals surface area contributed by atoms with Crippen molar-refractivity contribution in [3.8, 4) is 0 Å². The molecule has 0 spiro atoms. The molecule has 104 valence electrons. The average Bonchev–Trinajstić information content (AvgIpc) is 2.47. The number of benzene rings is 1. The van der Waals surface area contributed by atoms with E-state index in [2.05, 4.69) is 11.9 Å². The monoisotopic (exact) mass is 288 g/mol. The first-order valence-corrected chi connectivity index (χ1v) is 7.47. The van der Waals surface area contributed by atoms with Gasteiger partial charge in [0, 0.05) is 31.6 Å². The second kappa shape index (κ2) is 5.34. The summed E-state index contributed by atoms with van der Waals surface area (Å²) in [7, 11) is 2.05. The van der Waals surface area contributed by atoms with Gasteiger partial charge in [-0.25, -0.2) is 0 Å². The molecule has 1 aliphatic heterocycles. The summed E-state index contributed by atoms with van der Waals surface area (Å²) >= 11 is 1.05. The standard InChI is InChI=1S/C15H16N2O2S/c1-16-6-8-17(9-7-16)14(18)13-10-11-4-2-3-5-12(11)15(19)20-13/h2-5,10H,6-9H2,1H3. The molecule has 5 heteroatoms. The van der Waals surface area contributed by atoms with Crippen LogP contribution in [0.4, 0.5) is 0 Å². The summed E-state index contributed by atoms with van der Waals surface area (Å²) < 4.78 is -0.0411. The van der Waals surface area contributed by atoms with E-state index in [1.165, 1.54) is 0 Å². The van der Waals surface area contributed by atoms with Gasteiger partial charge in [0.05, 0.1) is 4.88 Å². The summed E-state index contributed by atoms with van der Waals surface area (Å²) in [5.74, 6) is -0.0223. The highest BCUT2D eigenvalue weighted by Gasteiger charge is 2.21. The zero-order valence-corrected chi connectivity index (χ0v) is 12.2. The molecule has 4 nitrogen and oxygen atoms in total. The molecule has 1 saturated heterocycles. The molecule has 1 fully saturated rings. The Morgan fingerprint density at radius 3 is 2.60 bits per heavy atom. The minimum absolute atomic E-state index is 0.0223. The Morgan fingerprint density at radius 1 is 1.15 bits per heavy atom. The molecule has 0 saturated carbocycles. The minimum Gasteiger partial charge on any atom is -0.335 e. The maximum absolute atomic E-state index is 12.5. The highest BCUT2D eigenvalue weighted by molar-refractivity contribution is 7.12. The number of hydrogen-bond acceptors (Lipinski definition) is 4. The van der Waals surface area contributed by atoms with Crippen LogP contribution in [0.25, 0.3) is 10.8 Å². The first kappa shape index (κ1) is 13.3. The zero-order valence-electron chi connectivity index (χ0n) is 11.3. The van der Waals surface area contributed by atoms with Gasteiger partial charge in [0.15, 0.2) is 0 Å². The van der Waals surface area contributed by atoms with Crippen LogP contribution in [-0.2, 0) is 0 Å². The van der Waals surface area contributed by atoms with Gasteiger partial charge in [-0.05, 0) is 24.6 Å². The van der Waals surface area contributed by atoms with Gasteiger partial charge in [0.1, 0.15) is 0 Å². The van der Waals surface area contributed by atoms with Crippen LogP contribution in [0.5, 0.6) is 0 Å². The van der Waals surface area contributed by atoms with Crippen molar-refractivity contribution in [2.45, 2.75) is 0 Å². The maximum Gasteiger partial charge on any atom is 0.264 e. The molecule has 0 aliphatic carbocycles. The van der Waals surface area contributed by atoms with Crippen LogP contribution in [0.15, 0.2) is 35.1 Å². The smallest absolute Gasteiger partial charge is 0.264 e. The number of likely N-dealkylation sites (N-methyl/N-ethyl adjacent to an activating group) is 1. The zero-order chi connectivity index (χ0) is 14.1. The third-order valence-electron chi connectivity index (χ3n) is 3.67. The van der Waals surface area contributed by atoms with Gasteiger partial charge in [-0.2, -0.15) is 0 Å². The van der Waals surface area contributed by atoms with Gasteiger partial charge in [0.25, 0.3) is 5.91 Å². The lowest BCUT2D eigenvalue weighted by Gasteiger charge is -2.32. The highest BCUT2D eigenvalue weighted by atomic mass is 32.1. The third kappa shape index (κ3) is 2.46. The minimum atomic E-state index is -0.0411. The predicted molar refractivity (Wildman–Crippen MR) is 81.5 cm³/mol. The number of amides is 1. The van der Waals surface area contributed by atoms with E-state index >= 15 is 0 Å². The van der Waals surface area contributed by atoms with Crippen LogP contribution < -0.4 is 4.74 Å². The SMILES string of the molecule is CN1CCN(C(=O)c2cc3ccccc3c(=O)s2)CC1. The van der Waals surface area contributed by atoms with Crippen molar-refractivity contribution in [1.29, 1.82) is 0 Å². The van der Waals surface area contributed by atoms with Crippen LogP contribution >= 0.6 is 11.3 Å². The van der Waals surface area contributed by atoms with Gasteiger partial charge in [-0.15, -0.1) is 0 Å². The van der Waals surface area contributed by atoms with E-state index in [4.69, 9.17) is 0 Å². The second-order valence-electron chi connectivity index (χ2n) is 5.08. The summed E-state index contributed by atoms with van der Waals surface area (Å²) in [6, 6.07) is 9.25. The number of carbonyl (C=O) groups excluding carboxylic acids is 1. The fourth-order valence-corrected chi connectivity index (χ4v) is 3.30. The van der Waals surface area contributed by atoms with E-state index in [-0.39, 0.29) is 10.6 Å². The molecule has 0 bridgehead atoms. The molecule has 1 aliphatic rings. The summed E-state index contributed by atoms with van der Waals surface area (Å²) in [5.41, 5.74) is 0. The van der Waals surface area contributed by atoms with Gasteiger partial charge in [-0.3, -0.25) is 9.59 Å². The average molecular weight is 288 g/mol. The molecule has 2 heterocycles. The molecule has 0 atom stereocenters. The Balaban J connectivity index is 1.94. The van der Waals surface area contributed by atoms with Crippen molar-refractivity contribution in [1.82, 2.24) is 9.80 Å². The fourth-order valence-electron chi connectivity index (χ4n) is 2.41. The summed E-state index contributed by atoms with van der Waals surface area (Å²) in [5, 5.41) is 1.53. The number of fused-ring (bicyclic) bond motifs is 1. The lowest BCUT2D eigenvalue weighted by atomic mass is 10.2. The molecule has 0 radical (unpaired) electrons. The van der Waals surface area contributed by atoms with E-state index in [9.17, 15) is 9.59 Å². The van der Waals surface area contributed by atoms with E-state index in [0.29, 0.717) is 10.3 Å². The Labute approximate surface area is 121 Å². The van der Waals surface area contributed by atoms with Crippen molar-refractivity contribution in [3.05, 3.63) is 44.7 Å². The van der Waals surface area contributed by atoms with E-state index in [0.717, 1.165) is 42.9 Å². The molecule has 20 heavy (non-hydrogen) atoms. The van der Waals surface area contributed by atoms with E-state index < -0.39 is 0 Å². The summed E-state index contributed by atoms with van der Waals surface area (Å²) in [6.45, 7) is 3.22. The van der Waals surface area contributed by atoms with Crippen LogP contribution in [-0.4, -0.2) is 48.9 Å². The van der Waals surface area contributed by atoms with Gasteiger partial charge in [0.2, 0.25) is 4.74 Å². The molecule has 0 N–H and O–H groups in total. The van der Waals surface area contributed by atoms with E-state index in [1.54, 1.807) is 6.07 Å². The number of hydrogen-bond donors (Lipinski definition) is 0. The number of rotatable bonds is 1. The Bertz CT molecular complexity index is 702. The second-order valence-corrected chi connectivity index (χ2v) is 6.10. The first-order valence-electron chi connectivity index (χ1n) is 6.66. The quantitative estimate of drug-likeness (QED) is 0.801. The van der Waals surface area contributed by atoms with Gasteiger partial charge >= 0.3 is 0 Å². The van der Waals surface area contributed by atoms with Gasteiger partial charge in [-0.1, -0.05) is 29.5 Å². The molecule has 1 amide bonds. The Morgan fingerprint density at radius 2 is 1.85 bits per heavy atom. The first-order chi connectivity index (χ1) is 9.65. The van der Waals surface area contributed by atoms with Crippen molar-refractivity contribution < 1.29 is 4.79 Å². The van der Waals surface area contributed by atoms with Crippen molar-refractivity contribution in [3.63, 3.8) is 0 Å². The van der Waals surface area contributed by atoms with E-state index in [1.807, 2.05) is 29.2 Å². The maximum atomic E-state index is 12.5. The lowest BCUT2D eigenvalue weighted by Crippen LogP contribution is -2.47. The molecule has 0 unspecified atom stereocenters. The van der Waals surface area contributed by atoms with Crippen LogP contribution in [0.3, 0.4) is 0 Å². The van der Waals surface area contributed by atoms with Crippen LogP contribution in [0.2, 0.25) is 0 Å². The van der Waals surface area contributed by atoms with Crippen molar-refractivity contribution in [2.75, 3.05) is 33.2 Å². The number of piperazine rings is 1. The Hall–Kier alpha value is -1.72. The lowest BCUT2D eigenvalue weighted by molar-refractivity contribution is 0.0669. The molecule has 3 rings (SSSR count). The highest BCUT2D eigenvalue weighted by Crippen LogP contribution is 2.17. The third-order valence-corrected chi connectivity index (χ3v) is 4.59. The van der Waals surface area contributed by atoms with Crippen LogP contribution in [0, 0.1) is 0 Å². The molecule has 1 aromatic heterocycles. The molecule has 2 aromatic rings. The topological polar surface area (TPSA) is 40.6 Å². The number of carbonyl (C=O) groups is 1. The molecular formula is C15H16N2O2S. The van der Waals surface area contributed by atoms with Crippen molar-refractivity contribution in [2.24, 2.45) is 0 Å². The fraction of sp³-hybridized carbons (Fsp3) is 0.333. The van der Waals surface area contributed by atoms with Gasteiger partial charge < -0.3 is 9.80 Å². The largest absolute Gasteiger partial charge is 0.335 e. The Kier molecular flexibility index (Phi) is 3.54. The molecule has 1 aromatic carbocycles.